The summed E-state index contributed by atoms with van der Waals surface area (Å²) in [4.78, 5) is 22.0. The van der Waals surface area contributed by atoms with Gasteiger partial charge in [-0.3, -0.25) is 9.69 Å². The number of rotatable bonds is 6. The van der Waals surface area contributed by atoms with Gasteiger partial charge >= 0.3 is 0 Å². The monoisotopic (exact) mass is 396 g/mol. The van der Waals surface area contributed by atoms with Crippen molar-refractivity contribution < 1.29 is 4.79 Å². The van der Waals surface area contributed by atoms with Crippen LogP contribution in [0, 0.1) is 5.41 Å². The Morgan fingerprint density at radius 3 is 2.42 bits per heavy atom. The number of para-hydroxylation sites is 1. The Morgan fingerprint density at radius 2 is 1.85 bits per heavy atom. The van der Waals surface area contributed by atoms with Crippen LogP contribution < -0.4 is 5.73 Å². The highest BCUT2D eigenvalue weighted by atomic mass is 35.5. The quantitative estimate of drug-likeness (QED) is 0.814. The van der Waals surface area contributed by atoms with Crippen LogP contribution in [0.5, 0.6) is 0 Å². The minimum atomic E-state index is -0.380. The van der Waals surface area contributed by atoms with E-state index in [9.17, 15) is 4.79 Å². The largest absolute Gasteiger partial charge is 0.340 e. The van der Waals surface area contributed by atoms with Gasteiger partial charge in [0.2, 0.25) is 5.91 Å². The average molecular weight is 397 g/mol. The number of carbonyl (C=O) groups is 1. The summed E-state index contributed by atoms with van der Waals surface area (Å²) in [6.45, 7) is 8.80. The molecule has 0 aliphatic carbocycles. The molecule has 0 radical (unpaired) electrons. The van der Waals surface area contributed by atoms with Crippen molar-refractivity contribution in [1.82, 2.24) is 14.8 Å². The lowest BCUT2D eigenvalue weighted by atomic mass is 9.81. The van der Waals surface area contributed by atoms with Crippen LogP contribution in [0.15, 0.2) is 24.3 Å². The van der Waals surface area contributed by atoms with Crippen molar-refractivity contribution in [3.05, 3.63) is 29.3 Å². The van der Waals surface area contributed by atoms with Crippen molar-refractivity contribution in [3.8, 4) is 0 Å². The molecule has 3 rings (SSSR count). The first-order valence-electron chi connectivity index (χ1n) is 9.18. The highest BCUT2D eigenvalue weighted by Crippen LogP contribution is 2.28. The number of amides is 1. The number of nitrogens with two attached hydrogens (primary N) is 1. The third-order valence-electron chi connectivity index (χ3n) is 5.55. The number of fused-ring (bicyclic) bond motifs is 1. The highest BCUT2D eigenvalue weighted by Gasteiger charge is 2.37. The maximum absolute atomic E-state index is 12.9. The smallest absolute Gasteiger partial charge is 0.230 e. The first-order valence-corrected chi connectivity index (χ1v) is 9.99. The molecule has 7 heteroatoms. The van der Waals surface area contributed by atoms with Crippen LogP contribution in [0.1, 0.15) is 31.7 Å². The standard InChI is InChI=1S/C19H28N4OS.ClH/c1-3-19(4-2,14-20)18(24)23-11-9-22(10-12-23)13-17-21-15-7-5-6-8-16(15)25-17;/h5-8H,3-4,9-14,20H2,1-2H3;1H. The molecule has 5 nitrogen and oxygen atoms in total. The van der Waals surface area contributed by atoms with E-state index in [0.717, 1.165) is 56.1 Å². The van der Waals surface area contributed by atoms with Crippen molar-refractivity contribution in [2.45, 2.75) is 33.2 Å². The lowest BCUT2D eigenvalue weighted by Crippen LogP contribution is -2.54. The molecule has 0 spiro atoms. The van der Waals surface area contributed by atoms with Crippen LogP contribution in [-0.4, -0.2) is 53.4 Å². The van der Waals surface area contributed by atoms with Crippen LogP contribution in [0.2, 0.25) is 0 Å². The van der Waals surface area contributed by atoms with E-state index in [1.54, 1.807) is 11.3 Å². The van der Waals surface area contributed by atoms with Gasteiger partial charge in [0, 0.05) is 32.7 Å². The molecule has 1 amide bonds. The molecule has 0 saturated carbocycles. The molecule has 1 aromatic heterocycles. The van der Waals surface area contributed by atoms with Gasteiger partial charge in [-0.15, -0.1) is 23.7 Å². The van der Waals surface area contributed by atoms with Gasteiger partial charge < -0.3 is 10.6 Å². The number of benzene rings is 1. The molecule has 2 aromatic rings. The third kappa shape index (κ3) is 4.19. The summed E-state index contributed by atoms with van der Waals surface area (Å²) in [5.74, 6) is 0.236. The highest BCUT2D eigenvalue weighted by molar-refractivity contribution is 7.18. The normalized spacial score (nSPS) is 15.9. The number of piperazine rings is 1. The fourth-order valence-corrected chi connectivity index (χ4v) is 4.56. The molecule has 0 bridgehead atoms. The first kappa shape index (κ1) is 21.1. The van der Waals surface area contributed by atoms with Gasteiger partial charge in [0.05, 0.1) is 22.2 Å². The van der Waals surface area contributed by atoms with Crippen LogP contribution in [0.25, 0.3) is 10.2 Å². The number of halogens is 1. The SMILES string of the molecule is CCC(CC)(CN)C(=O)N1CCN(Cc2nc3ccccc3s2)CC1.Cl. The van der Waals surface area contributed by atoms with Crippen molar-refractivity contribution in [2.24, 2.45) is 11.1 Å². The van der Waals surface area contributed by atoms with E-state index in [1.165, 1.54) is 4.70 Å². The fraction of sp³-hybridized carbons (Fsp3) is 0.579. The second kappa shape index (κ2) is 9.13. The van der Waals surface area contributed by atoms with Crippen molar-refractivity contribution in [1.29, 1.82) is 0 Å². The molecule has 26 heavy (non-hydrogen) atoms. The number of hydrogen-bond acceptors (Lipinski definition) is 5. The summed E-state index contributed by atoms with van der Waals surface area (Å²) in [6.07, 6.45) is 1.62. The van der Waals surface area contributed by atoms with Crippen LogP contribution in [-0.2, 0) is 11.3 Å². The van der Waals surface area contributed by atoms with Crippen LogP contribution >= 0.6 is 23.7 Å². The Hall–Kier alpha value is -1.21. The zero-order valence-corrected chi connectivity index (χ0v) is 17.2. The lowest BCUT2D eigenvalue weighted by Gasteiger charge is -2.40. The summed E-state index contributed by atoms with van der Waals surface area (Å²) < 4.78 is 1.24. The number of hydrogen-bond donors (Lipinski definition) is 1. The summed E-state index contributed by atoms with van der Waals surface area (Å²) >= 11 is 1.76. The van der Waals surface area contributed by atoms with E-state index in [0.29, 0.717) is 6.54 Å². The molecule has 1 aliphatic rings. The van der Waals surface area contributed by atoms with E-state index < -0.39 is 0 Å². The van der Waals surface area contributed by atoms with Gasteiger partial charge in [0.1, 0.15) is 5.01 Å². The van der Waals surface area contributed by atoms with Gasteiger partial charge in [-0.25, -0.2) is 4.98 Å². The van der Waals surface area contributed by atoms with Gasteiger partial charge in [-0.2, -0.15) is 0 Å². The summed E-state index contributed by atoms with van der Waals surface area (Å²) in [5.41, 5.74) is 6.64. The molecule has 2 N–H and O–H groups in total. The second-order valence-electron chi connectivity index (χ2n) is 6.84. The Bertz CT molecular complexity index is 682. The van der Waals surface area contributed by atoms with Crippen molar-refractivity contribution in [3.63, 3.8) is 0 Å². The topological polar surface area (TPSA) is 62.5 Å². The number of carbonyl (C=O) groups excluding carboxylic acids is 1. The van der Waals surface area contributed by atoms with E-state index in [2.05, 4.69) is 36.9 Å². The molecular weight excluding hydrogens is 368 g/mol. The number of aromatic nitrogens is 1. The maximum Gasteiger partial charge on any atom is 0.230 e. The molecule has 0 atom stereocenters. The summed E-state index contributed by atoms with van der Waals surface area (Å²) in [6, 6.07) is 8.27. The number of thiazole rings is 1. The fourth-order valence-electron chi connectivity index (χ4n) is 3.55. The first-order chi connectivity index (χ1) is 12.1. The van der Waals surface area contributed by atoms with Crippen LogP contribution in [0.3, 0.4) is 0 Å². The predicted molar refractivity (Wildman–Crippen MR) is 111 cm³/mol. The molecule has 2 heterocycles. The van der Waals surface area contributed by atoms with E-state index in [-0.39, 0.29) is 23.7 Å². The molecule has 1 aromatic carbocycles. The van der Waals surface area contributed by atoms with Gasteiger partial charge in [-0.1, -0.05) is 26.0 Å². The van der Waals surface area contributed by atoms with Gasteiger partial charge in [0.15, 0.2) is 0 Å². The zero-order valence-electron chi connectivity index (χ0n) is 15.6. The van der Waals surface area contributed by atoms with Gasteiger partial charge in [0.25, 0.3) is 0 Å². The maximum atomic E-state index is 12.9. The second-order valence-corrected chi connectivity index (χ2v) is 7.95. The third-order valence-corrected chi connectivity index (χ3v) is 6.58. The summed E-state index contributed by atoms with van der Waals surface area (Å²) in [7, 11) is 0. The Labute approximate surface area is 166 Å². The average Bonchev–Trinajstić information content (AvgIpc) is 3.06. The Morgan fingerprint density at radius 1 is 1.19 bits per heavy atom. The summed E-state index contributed by atoms with van der Waals surface area (Å²) in [5, 5.41) is 1.15. The van der Waals surface area contributed by atoms with E-state index >= 15 is 0 Å². The van der Waals surface area contributed by atoms with E-state index in [1.807, 2.05) is 11.0 Å². The molecule has 1 fully saturated rings. The zero-order chi connectivity index (χ0) is 17.9. The predicted octanol–water partition coefficient (Wildman–Crippen LogP) is 3.13. The molecule has 144 valence electrons. The van der Waals surface area contributed by atoms with Crippen LogP contribution in [0.4, 0.5) is 0 Å². The minimum absolute atomic E-state index is 0. The molecule has 1 aliphatic heterocycles. The minimum Gasteiger partial charge on any atom is -0.340 e. The number of nitrogens with zero attached hydrogens (tertiary/aromatic N) is 3. The van der Waals surface area contributed by atoms with E-state index in [4.69, 9.17) is 10.7 Å². The lowest BCUT2D eigenvalue weighted by molar-refractivity contribution is -0.144. The van der Waals surface area contributed by atoms with Crippen molar-refractivity contribution in [2.75, 3.05) is 32.7 Å². The Balaban J connectivity index is 0.00000243. The van der Waals surface area contributed by atoms with Gasteiger partial charge in [-0.05, 0) is 25.0 Å². The molecule has 1 saturated heterocycles. The van der Waals surface area contributed by atoms with Crippen molar-refractivity contribution >= 4 is 39.9 Å². The Kier molecular flexibility index (Phi) is 7.41. The molecule has 0 unspecified atom stereocenters. The molecular formula is C19H29ClN4OS.